The third-order valence-corrected chi connectivity index (χ3v) is 4.79. The van der Waals surface area contributed by atoms with E-state index in [1.807, 2.05) is 12.3 Å². The lowest BCUT2D eigenvalue weighted by molar-refractivity contribution is -0.117. The highest BCUT2D eigenvalue weighted by Gasteiger charge is 2.18. The summed E-state index contributed by atoms with van der Waals surface area (Å²) in [5.41, 5.74) is 6.84. The number of nitrogens with zero attached hydrogens (tertiary/aromatic N) is 2. The first-order valence-electron chi connectivity index (χ1n) is 7.81. The van der Waals surface area contributed by atoms with Crippen molar-refractivity contribution in [2.24, 2.45) is 11.7 Å². The SMILES string of the molecule is CCCC(N)C(=O)Nc1nc(CN2CCC(C)CC2)cs1.Cl. The van der Waals surface area contributed by atoms with Crippen LogP contribution in [0.5, 0.6) is 0 Å². The van der Waals surface area contributed by atoms with Gasteiger partial charge in [0.1, 0.15) is 0 Å². The van der Waals surface area contributed by atoms with Crippen molar-refractivity contribution in [1.82, 2.24) is 9.88 Å². The summed E-state index contributed by atoms with van der Waals surface area (Å²) in [4.78, 5) is 18.8. The van der Waals surface area contributed by atoms with Gasteiger partial charge in [-0.05, 0) is 38.3 Å². The number of anilines is 1. The van der Waals surface area contributed by atoms with Crippen molar-refractivity contribution in [1.29, 1.82) is 0 Å². The second-order valence-electron chi connectivity index (χ2n) is 5.99. The average molecular weight is 347 g/mol. The smallest absolute Gasteiger partial charge is 0.243 e. The summed E-state index contributed by atoms with van der Waals surface area (Å²) in [6.07, 6.45) is 4.14. The van der Waals surface area contributed by atoms with E-state index in [0.29, 0.717) is 11.6 Å². The van der Waals surface area contributed by atoms with Crippen molar-refractivity contribution in [2.45, 2.75) is 52.1 Å². The van der Waals surface area contributed by atoms with Gasteiger partial charge < -0.3 is 11.1 Å². The molecule has 126 valence electrons. The second kappa shape index (κ2) is 9.45. The Hall–Kier alpha value is -0.690. The van der Waals surface area contributed by atoms with Gasteiger partial charge in [-0.15, -0.1) is 23.7 Å². The zero-order chi connectivity index (χ0) is 15.2. The van der Waals surface area contributed by atoms with Gasteiger partial charge in [0, 0.05) is 11.9 Å². The monoisotopic (exact) mass is 346 g/mol. The Morgan fingerprint density at radius 3 is 2.86 bits per heavy atom. The third kappa shape index (κ3) is 5.83. The van der Waals surface area contributed by atoms with E-state index >= 15 is 0 Å². The van der Waals surface area contributed by atoms with Crippen LogP contribution >= 0.6 is 23.7 Å². The summed E-state index contributed by atoms with van der Waals surface area (Å²) >= 11 is 1.48. The van der Waals surface area contributed by atoms with Crippen LogP contribution < -0.4 is 11.1 Å². The maximum atomic E-state index is 11.9. The standard InChI is InChI=1S/C15H26N4OS.ClH/c1-3-4-13(16)14(20)18-15-17-12(10-21-15)9-19-7-5-11(2)6-8-19;/h10-11,13H,3-9,16H2,1-2H3,(H,17,18,20);1H. The van der Waals surface area contributed by atoms with Crippen molar-refractivity contribution in [3.05, 3.63) is 11.1 Å². The molecule has 1 fully saturated rings. The molecule has 0 bridgehead atoms. The molecule has 0 radical (unpaired) electrons. The van der Waals surface area contributed by atoms with Crippen molar-refractivity contribution in [3.8, 4) is 0 Å². The zero-order valence-electron chi connectivity index (χ0n) is 13.4. The van der Waals surface area contributed by atoms with E-state index in [9.17, 15) is 4.79 Å². The van der Waals surface area contributed by atoms with Gasteiger partial charge in [-0.3, -0.25) is 9.69 Å². The Labute approximate surface area is 143 Å². The minimum atomic E-state index is -0.439. The number of thiazole rings is 1. The lowest BCUT2D eigenvalue weighted by Gasteiger charge is -2.29. The van der Waals surface area contributed by atoms with Gasteiger partial charge in [-0.2, -0.15) is 0 Å². The van der Waals surface area contributed by atoms with E-state index in [-0.39, 0.29) is 18.3 Å². The number of nitrogens with one attached hydrogen (secondary N) is 1. The first-order valence-corrected chi connectivity index (χ1v) is 8.69. The summed E-state index contributed by atoms with van der Waals surface area (Å²) in [6, 6.07) is -0.439. The first kappa shape index (κ1) is 19.4. The summed E-state index contributed by atoms with van der Waals surface area (Å²) in [6.45, 7) is 7.49. The Balaban J connectivity index is 0.00000242. The molecular weight excluding hydrogens is 320 g/mol. The molecule has 1 saturated heterocycles. The van der Waals surface area contributed by atoms with Gasteiger partial charge >= 0.3 is 0 Å². The lowest BCUT2D eigenvalue weighted by Crippen LogP contribution is -2.35. The van der Waals surface area contributed by atoms with Crippen LogP contribution in [0.3, 0.4) is 0 Å². The number of halogens is 1. The number of amides is 1. The quantitative estimate of drug-likeness (QED) is 0.830. The summed E-state index contributed by atoms with van der Waals surface area (Å²) in [7, 11) is 0. The van der Waals surface area contributed by atoms with E-state index in [0.717, 1.165) is 37.7 Å². The maximum Gasteiger partial charge on any atom is 0.243 e. The molecule has 0 saturated carbocycles. The fourth-order valence-electron chi connectivity index (χ4n) is 2.53. The highest BCUT2D eigenvalue weighted by molar-refractivity contribution is 7.13. The summed E-state index contributed by atoms with van der Waals surface area (Å²) in [5, 5.41) is 5.50. The molecule has 2 heterocycles. The molecule has 2 rings (SSSR count). The molecule has 3 N–H and O–H groups in total. The fraction of sp³-hybridized carbons (Fsp3) is 0.733. The molecule has 1 unspecified atom stereocenters. The van der Waals surface area contributed by atoms with Crippen LogP contribution in [0.2, 0.25) is 0 Å². The molecule has 1 aromatic rings. The highest BCUT2D eigenvalue weighted by atomic mass is 35.5. The molecule has 1 aromatic heterocycles. The van der Waals surface area contributed by atoms with Crippen LogP contribution in [0.4, 0.5) is 5.13 Å². The van der Waals surface area contributed by atoms with Crippen molar-refractivity contribution < 1.29 is 4.79 Å². The third-order valence-electron chi connectivity index (χ3n) is 3.98. The van der Waals surface area contributed by atoms with E-state index < -0.39 is 6.04 Å². The highest BCUT2D eigenvalue weighted by Crippen LogP contribution is 2.21. The average Bonchev–Trinajstić information content (AvgIpc) is 2.89. The number of carbonyl (C=O) groups excluding carboxylic acids is 1. The van der Waals surface area contributed by atoms with Crippen LogP contribution in [-0.2, 0) is 11.3 Å². The predicted molar refractivity (Wildman–Crippen MR) is 94.6 cm³/mol. The molecule has 1 amide bonds. The van der Waals surface area contributed by atoms with Crippen LogP contribution in [0.1, 0.15) is 45.2 Å². The molecular formula is C15H27ClN4OS. The van der Waals surface area contributed by atoms with Gasteiger partial charge in [0.15, 0.2) is 5.13 Å². The van der Waals surface area contributed by atoms with Crippen molar-refractivity contribution in [3.63, 3.8) is 0 Å². The van der Waals surface area contributed by atoms with Crippen molar-refractivity contribution in [2.75, 3.05) is 18.4 Å². The molecule has 0 aromatic carbocycles. The van der Waals surface area contributed by atoms with Gasteiger partial charge in [0.05, 0.1) is 11.7 Å². The zero-order valence-corrected chi connectivity index (χ0v) is 15.0. The lowest BCUT2D eigenvalue weighted by atomic mass is 9.99. The molecule has 0 aliphatic carbocycles. The number of hydrogen-bond acceptors (Lipinski definition) is 5. The number of hydrogen-bond donors (Lipinski definition) is 2. The Morgan fingerprint density at radius 2 is 2.23 bits per heavy atom. The topological polar surface area (TPSA) is 71.2 Å². The van der Waals surface area contributed by atoms with Crippen LogP contribution in [-0.4, -0.2) is 34.9 Å². The molecule has 22 heavy (non-hydrogen) atoms. The number of likely N-dealkylation sites (tertiary alicyclic amines) is 1. The van der Waals surface area contributed by atoms with Gasteiger partial charge in [0.25, 0.3) is 0 Å². The molecule has 0 spiro atoms. The van der Waals surface area contributed by atoms with E-state index in [4.69, 9.17) is 5.73 Å². The number of nitrogens with two attached hydrogens (primary N) is 1. The fourth-order valence-corrected chi connectivity index (χ4v) is 3.23. The number of rotatable bonds is 6. The minimum absolute atomic E-state index is 0. The van der Waals surface area contributed by atoms with E-state index in [1.165, 1.54) is 24.2 Å². The van der Waals surface area contributed by atoms with Crippen LogP contribution in [0.25, 0.3) is 0 Å². The van der Waals surface area contributed by atoms with Gasteiger partial charge in [0.2, 0.25) is 5.91 Å². The largest absolute Gasteiger partial charge is 0.320 e. The second-order valence-corrected chi connectivity index (χ2v) is 6.85. The van der Waals surface area contributed by atoms with Crippen LogP contribution in [0, 0.1) is 5.92 Å². The predicted octanol–water partition coefficient (Wildman–Crippen LogP) is 2.86. The van der Waals surface area contributed by atoms with E-state index in [2.05, 4.69) is 22.1 Å². The number of carbonyl (C=O) groups is 1. The van der Waals surface area contributed by atoms with Gasteiger partial charge in [-0.25, -0.2) is 4.98 Å². The number of aromatic nitrogens is 1. The van der Waals surface area contributed by atoms with Gasteiger partial charge in [-0.1, -0.05) is 20.3 Å². The normalized spacial score (nSPS) is 17.8. The van der Waals surface area contributed by atoms with Crippen molar-refractivity contribution >= 4 is 34.8 Å². The Kier molecular flexibility index (Phi) is 8.31. The molecule has 1 aliphatic rings. The Morgan fingerprint density at radius 1 is 1.55 bits per heavy atom. The van der Waals surface area contributed by atoms with E-state index in [1.54, 1.807) is 0 Å². The molecule has 1 aliphatic heterocycles. The molecule has 5 nitrogen and oxygen atoms in total. The van der Waals surface area contributed by atoms with Crippen LogP contribution in [0.15, 0.2) is 5.38 Å². The first-order chi connectivity index (χ1) is 10.1. The molecule has 1 atom stereocenters. The minimum Gasteiger partial charge on any atom is -0.320 e. The molecule has 7 heteroatoms. The number of piperidine rings is 1. The Bertz CT molecular complexity index is 460. The maximum absolute atomic E-state index is 11.9. The summed E-state index contributed by atoms with van der Waals surface area (Å²) < 4.78 is 0. The summed E-state index contributed by atoms with van der Waals surface area (Å²) in [5.74, 6) is 0.705.